The SMILES string of the molecule is Cc1nc2ccc(C(=O)O)cc2n1-c1ccc(Br)cc1F. The van der Waals surface area contributed by atoms with Crippen LogP contribution in [0.25, 0.3) is 16.7 Å². The van der Waals surface area contributed by atoms with E-state index < -0.39 is 11.8 Å². The second kappa shape index (κ2) is 4.96. The number of benzene rings is 2. The monoisotopic (exact) mass is 348 g/mol. The van der Waals surface area contributed by atoms with Gasteiger partial charge < -0.3 is 5.11 Å². The van der Waals surface area contributed by atoms with Gasteiger partial charge in [-0.05, 0) is 43.3 Å². The first-order chi connectivity index (χ1) is 9.97. The van der Waals surface area contributed by atoms with Crippen molar-refractivity contribution in [3.8, 4) is 5.69 Å². The number of aromatic nitrogens is 2. The van der Waals surface area contributed by atoms with Crippen LogP contribution in [-0.2, 0) is 0 Å². The van der Waals surface area contributed by atoms with Crippen LogP contribution in [-0.4, -0.2) is 20.6 Å². The molecule has 1 N–H and O–H groups in total. The molecule has 0 atom stereocenters. The quantitative estimate of drug-likeness (QED) is 0.763. The molecule has 2 aromatic carbocycles. The lowest BCUT2D eigenvalue weighted by Crippen LogP contribution is -2.01. The van der Waals surface area contributed by atoms with Crippen molar-refractivity contribution in [1.29, 1.82) is 0 Å². The molecular weight excluding hydrogens is 339 g/mol. The normalized spacial score (nSPS) is 11.0. The van der Waals surface area contributed by atoms with Crippen molar-refractivity contribution in [3.05, 3.63) is 58.1 Å². The van der Waals surface area contributed by atoms with Crippen molar-refractivity contribution in [2.45, 2.75) is 6.92 Å². The zero-order valence-corrected chi connectivity index (χ0v) is 12.6. The van der Waals surface area contributed by atoms with E-state index in [9.17, 15) is 9.18 Å². The summed E-state index contributed by atoms with van der Waals surface area (Å²) in [6.07, 6.45) is 0. The van der Waals surface area contributed by atoms with Gasteiger partial charge in [-0.15, -0.1) is 0 Å². The number of carbonyl (C=O) groups is 1. The van der Waals surface area contributed by atoms with E-state index >= 15 is 0 Å². The van der Waals surface area contributed by atoms with E-state index in [0.717, 1.165) is 0 Å². The molecule has 3 rings (SSSR count). The van der Waals surface area contributed by atoms with E-state index in [4.69, 9.17) is 5.11 Å². The number of carboxylic acid groups (broad SMARTS) is 1. The zero-order valence-electron chi connectivity index (χ0n) is 11.0. The molecule has 4 nitrogen and oxygen atoms in total. The predicted octanol–water partition coefficient (Wildman–Crippen LogP) is 3.93. The fourth-order valence-electron chi connectivity index (χ4n) is 2.30. The Kier molecular flexibility index (Phi) is 3.25. The molecule has 6 heteroatoms. The number of halogens is 2. The van der Waals surface area contributed by atoms with Crippen LogP contribution in [0.5, 0.6) is 0 Å². The minimum atomic E-state index is -1.03. The maximum Gasteiger partial charge on any atom is 0.335 e. The average Bonchev–Trinajstić information content (AvgIpc) is 2.74. The van der Waals surface area contributed by atoms with Gasteiger partial charge in [0.25, 0.3) is 0 Å². The van der Waals surface area contributed by atoms with Crippen LogP contribution in [0.4, 0.5) is 4.39 Å². The molecule has 0 aliphatic rings. The molecule has 0 spiro atoms. The first kappa shape index (κ1) is 13.8. The molecule has 1 aromatic heterocycles. The molecule has 0 aliphatic heterocycles. The maximum absolute atomic E-state index is 14.2. The van der Waals surface area contributed by atoms with Gasteiger partial charge in [0.05, 0.1) is 22.3 Å². The molecule has 106 valence electrons. The van der Waals surface area contributed by atoms with Crippen LogP contribution in [0, 0.1) is 12.7 Å². The van der Waals surface area contributed by atoms with Crippen molar-refractivity contribution in [2.75, 3.05) is 0 Å². The summed E-state index contributed by atoms with van der Waals surface area (Å²) < 4.78 is 16.4. The van der Waals surface area contributed by atoms with Crippen molar-refractivity contribution >= 4 is 32.9 Å². The Morgan fingerprint density at radius 2 is 2.05 bits per heavy atom. The highest BCUT2D eigenvalue weighted by molar-refractivity contribution is 9.10. The standard InChI is InChI=1S/C15H10BrFN2O2/c1-8-18-12-4-2-9(15(20)21)6-14(12)19(8)13-5-3-10(16)7-11(13)17/h2-7H,1H3,(H,20,21). The summed E-state index contributed by atoms with van der Waals surface area (Å²) in [7, 11) is 0. The molecule has 0 unspecified atom stereocenters. The molecule has 3 aromatic rings. The second-order valence-corrected chi connectivity index (χ2v) is 5.51. The van der Waals surface area contributed by atoms with Gasteiger partial charge in [0, 0.05) is 4.47 Å². The van der Waals surface area contributed by atoms with Gasteiger partial charge in [0.15, 0.2) is 0 Å². The van der Waals surface area contributed by atoms with Gasteiger partial charge in [-0.1, -0.05) is 15.9 Å². The maximum atomic E-state index is 14.2. The van der Waals surface area contributed by atoms with Gasteiger partial charge in [-0.25, -0.2) is 14.2 Å². The van der Waals surface area contributed by atoms with Crippen LogP contribution < -0.4 is 0 Å². The molecular formula is C15H10BrFN2O2. The summed E-state index contributed by atoms with van der Waals surface area (Å²) in [5, 5.41) is 9.09. The lowest BCUT2D eigenvalue weighted by Gasteiger charge is -2.09. The zero-order chi connectivity index (χ0) is 15.1. The van der Waals surface area contributed by atoms with Crippen molar-refractivity contribution in [1.82, 2.24) is 9.55 Å². The first-order valence-corrected chi connectivity index (χ1v) is 6.94. The van der Waals surface area contributed by atoms with Crippen LogP contribution in [0.1, 0.15) is 16.2 Å². The number of nitrogens with zero attached hydrogens (tertiary/aromatic N) is 2. The third-order valence-electron chi connectivity index (χ3n) is 3.22. The summed E-state index contributed by atoms with van der Waals surface area (Å²) in [6, 6.07) is 9.32. The molecule has 21 heavy (non-hydrogen) atoms. The third-order valence-corrected chi connectivity index (χ3v) is 3.71. The molecule has 0 amide bonds. The summed E-state index contributed by atoms with van der Waals surface area (Å²) in [4.78, 5) is 15.4. The number of aryl methyl sites for hydroxylation is 1. The Balaban J connectivity index is 2.32. The first-order valence-electron chi connectivity index (χ1n) is 6.15. The number of fused-ring (bicyclic) bond motifs is 1. The smallest absolute Gasteiger partial charge is 0.335 e. The molecule has 0 fully saturated rings. The fourth-order valence-corrected chi connectivity index (χ4v) is 2.63. The Labute approximate surface area is 128 Å². The highest BCUT2D eigenvalue weighted by Gasteiger charge is 2.15. The van der Waals surface area contributed by atoms with E-state index in [0.29, 0.717) is 27.0 Å². The number of rotatable bonds is 2. The van der Waals surface area contributed by atoms with Crippen LogP contribution in [0.15, 0.2) is 40.9 Å². The number of carboxylic acids is 1. The van der Waals surface area contributed by atoms with E-state index in [1.54, 1.807) is 29.7 Å². The van der Waals surface area contributed by atoms with Gasteiger partial charge >= 0.3 is 5.97 Å². The van der Waals surface area contributed by atoms with E-state index in [1.165, 1.54) is 18.2 Å². The molecule has 0 bridgehead atoms. The largest absolute Gasteiger partial charge is 0.478 e. The van der Waals surface area contributed by atoms with E-state index in [1.807, 2.05) is 0 Å². The van der Waals surface area contributed by atoms with Gasteiger partial charge in [-0.3, -0.25) is 4.57 Å². The number of hydrogen-bond donors (Lipinski definition) is 1. The number of imidazole rings is 1. The Morgan fingerprint density at radius 3 is 2.71 bits per heavy atom. The van der Waals surface area contributed by atoms with Crippen LogP contribution in [0.2, 0.25) is 0 Å². The summed E-state index contributed by atoms with van der Waals surface area (Å²) in [5.41, 5.74) is 1.66. The molecule has 0 saturated heterocycles. The highest BCUT2D eigenvalue weighted by atomic mass is 79.9. The highest BCUT2D eigenvalue weighted by Crippen LogP contribution is 2.26. The summed E-state index contributed by atoms with van der Waals surface area (Å²) in [5.74, 6) is -0.847. The Morgan fingerprint density at radius 1 is 1.29 bits per heavy atom. The summed E-state index contributed by atoms with van der Waals surface area (Å²) >= 11 is 3.22. The van der Waals surface area contributed by atoms with Crippen molar-refractivity contribution in [2.24, 2.45) is 0 Å². The van der Waals surface area contributed by atoms with Crippen molar-refractivity contribution in [3.63, 3.8) is 0 Å². The third kappa shape index (κ3) is 2.31. The molecule has 1 heterocycles. The average molecular weight is 349 g/mol. The number of aromatic carboxylic acids is 1. The van der Waals surface area contributed by atoms with Crippen LogP contribution >= 0.6 is 15.9 Å². The van der Waals surface area contributed by atoms with Gasteiger partial charge in [0.1, 0.15) is 11.6 Å². The molecule has 0 aliphatic carbocycles. The van der Waals surface area contributed by atoms with E-state index in [-0.39, 0.29) is 5.56 Å². The predicted molar refractivity (Wildman–Crippen MR) is 80.4 cm³/mol. The van der Waals surface area contributed by atoms with Gasteiger partial charge in [-0.2, -0.15) is 0 Å². The number of hydrogen-bond acceptors (Lipinski definition) is 2. The van der Waals surface area contributed by atoms with E-state index in [2.05, 4.69) is 20.9 Å². The summed E-state index contributed by atoms with van der Waals surface area (Å²) in [6.45, 7) is 1.75. The lowest BCUT2D eigenvalue weighted by atomic mass is 10.2. The fraction of sp³-hybridized carbons (Fsp3) is 0.0667. The van der Waals surface area contributed by atoms with Crippen molar-refractivity contribution < 1.29 is 14.3 Å². The second-order valence-electron chi connectivity index (χ2n) is 4.60. The lowest BCUT2D eigenvalue weighted by molar-refractivity contribution is 0.0697. The minimum absolute atomic E-state index is 0.140. The molecule has 0 saturated carbocycles. The van der Waals surface area contributed by atoms with Gasteiger partial charge in [0.2, 0.25) is 0 Å². The molecule has 0 radical (unpaired) electrons. The minimum Gasteiger partial charge on any atom is -0.478 e. The van der Waals surface area contributed by atoms with Crippen LogP contribution in [0.3, 0.4) is 0 Å². The topological polar surface area (TPSA) is 55.1 Å². The Bertz CT molecular complexity index is 873. The Hall–Kier alpha value is -2.21.